The number of esters is 1. The molecule has 0 aromatic heterocycles. The van der Waals surface area contributed by atoms with Crippen molar-refractivity contribution >= 4 is 11.9 Å². The van der Waals surface area contributed by atoms with Crippen LogP contribution in [0.1, 0.15) is 40.7 Å². The van der Waals surface area contributed by atoms with E-state index in [9.17, 15) is 9.59 Å². The average molecular weight is 427 g/mol. The summed E-state index contributed by atoms with van der Waals surface area (Å²) in [5.74, 6) is 1.38. The molecule has 1 saturated heterocycles. The van der Waals surface area contributed by atoms with E-state index in [0.29, 0.717) is 29.2 Å². The van der Waals surface area contributed by atoms with Crippen molar-refractivity contribution in [1.82, 2.24) is 4.90 Å². The summed E-state index contributed by atoms with van der Waals surface area (Å²) in [6.45, 7) is 1.82. The van der Waals surface area contributed by atoms with Gasteiger partial charge in [0.1, 0.15) is 6.61 Å². The fourth-order valence-corrected chi connectivity index (χ4v) is 3.61. The molecule has 31 heavy (non-hydrogen) atoms. The Labute approximate surface area is 182 Å². The lowest BCUT2D eigenvalue weighted by Crippen LogP contribution is -2.27. The van der Waals surface area contributed by atoms with Gasteiger partial charge in [-0.15, -0.1) is 0 Å². The summed E-state index contributed by atoms with van der Waals surface area (Å²) < 4.78 is 21.4. The molecule has 1 aliphatic rings. The highest BCUT2D eigenvalue weighted by Crippen LogP contribution is 2.38. The molecule has 1 heterocycles. The number of rotatable bonds is 9. The normalized spacial score (nSPS) is 13.1. The van der Waals surface area contributed by atoms with E-state index in [4.69, 9.17) is 18.9 Å². The van der Waals surface area contributed by atoms with Gasteiger partial charge in [0.2, 0.25) is 5.75 Å². The van der Waals surface area contributed by atoms with E-state index in [0.717, 1.165) is 37.1 Å². The van der Waals surface area contributed by atoms with Gasteiger partial charge in [-0.25, -0.2) is 0 Å². The summed E-state index contributed by atoms with van der Waals surface area (Å²) >= 11 is 0. The van der Waals surface area contributed by atoms with Crippen LogP contribution in [0.5, 0.6) is 17.2 Å². The summed E-state index contributed by atoms with van der Waals surface area (Å²) in [7, 11) is 4.66. The largest absolute Gasteiger partial charge is 0.493 e. The predicted octanol–water partition coefficient (Wildman–Crippen LogP) is 3.62. The highest BCUT2D eigenvalue weighted by atomic mass is 16.5. The first-order chi connectivity index (χ1) is 15.0. The van der Waals surface area contributed by atoms with Crippen molar-refractivity contribution < 1.29 is 28.5 Å². The zero-order valence-corrected chi connectivity index (χ0v) is 18.3. The maximum absolute atomic E-state index is 12.4. The van der Waals surface area contributed by atoms with Crippen molar-refractivity contribution in [3.63, 3.8) is 0 Å². The summed E-state index contributed by atoms with van der Waals surface area (Å²) in [5, 5.41) is 0. The highest BCUT2D eigenvalue weighted by molar-refractivity contribution is 5.94. The van der Waals surface area contributed by atoms with Crippen molar-refractivity contribution in [3.05, 3.63) is 53.1 Å². The molecule has 0 unspecified atom stereocenters. The second-order valence-corrected chi connectivity index (χ2v) is 7.39. The first-order valence-electron chi connectivity index (χ1n) is 10.4. The molecule has 0 atom stereocenters. The Hall–Kier alpha value is -3.22. The molecule has 0 N–H and O–H groups in total. The fraction of sp³-hybridized carbons (Fsp3) is 0.417. The Kier molecular flexibility index (Phi) is 7.76. The molecule has 1 aliphatic heterocycles. The van der Waals surface area contributed by atoms with Crippen LogP contribution >= 0.6 is 0 Å². The Morgan fingerprint density at radius 1 is 0.871 bits per heavy atom. The zero-order chi connectivity index (χ0) is 22.2. The first-order valence-corrected chi connectivity index (χ1v) is 10.4. The molecule has 0 aliphatic carbocycles. The maximum atomic E-state index is 12.4. The highest BCUT2D eigenvalue weighted by Gasteiger charge is 2.19. The predicted molar refractivity (Wildman–Crippen MR) is 116 cm³/mol. The number of ether oxygens (including phenoxy) is 4. The standard InChI is InChI=1S/C24H29NO6/c1-28-20-14-18(15-21(29-2)23(20)30-3)8-11-22(26)31-16-17-6-9-19(10-7-17)24(27)25-12-4-5-13-25/h6-7,9-10,14-15H,4-5,8,11-13,16H2,1-3H3. The van der Waals surface area contributed by atoms with E-state index in [1.165, 1.54) is 0 Å². The third-order valence-electron chi connectivity index (χ3n) is 5.34. The average Bonchev–Trinajstić information content (AvgIpc) is 3.35. The summed E-state index contributed by atoms with van der Waals surface area (Å²) in [6, 6.07) is 10.9. The van der Waals surface area contributed by atoms with Gasteiger partial charge in [-0.1, -0.05) is 12.1 Å². The van der Waals surface area contributed by atoms with Crippen LogP contribution in [0.2, 0.25) is 0 Å². The molecule has 166 valence electrons. The SMILES string of the molecule is COc1cc(CCC(=O)OCc2ccc(C(=O)N3CCCC3)cc2)cc(OC)c1OC. The van der Waals surface area contributed by atoms with Crippen LogP contribution in [0.15, 0.2) is 36.4 Å². The number of nitrogens with zero attached hydrogens (tertiary/aromatic N) is 1. The molecule has 1 fully saturated rings. The van der Waals surface area contributed by atoms with Gasteiger partial charge in [0, 0.05) is 25.1 Å². The molecule has 2 aromatic rings. The van der Waals surface area contributed by atoms with E-state index < -0.39 is 0 Å². The number of hydrogen-bond donors (Lipinski definition) is 0. The molecule has 3 rings (SSSR count). The molecule has 7 heteroatoms. The van der Waals surface area contributed by atoms with Crippen LogP contribution < -0.4 is 14.2 Å². The maximum Gasteiger partial charge on any atom is 0.306 e. The van der Waals surface area contributed by atoms with Crippen LogP contribution in [-0.4, -0.2) is 51.2 Å². The van der Waals surface area contributed by atoms with Gasteiger partial charge >= 0.3 is 5.97 Å². The minimum atomic E-state index is -0.300. The van der Waals surface area contributed by atoms with E-state index in [2.05, 4.69) is 0 Å². The lowest BCUT2D eigenvalue weighted by molar-refractivity contribution is -0.144. The zero-order valence-electron chi connectivity index (χ0n) is 18.3. The molecule has 0 bridgehead atoms. The van der Waals surface area contributed by atoms with Gasteiger partial charge in [-0.3, -0.25) is 9.59 Å². The van der Waals surface area contributed by atoms with Gasteiger partial charge in [-0.05, 0) is 54.7 Å². The van der Waals surface area contributed by atoms with Crippen molar-refractivity contribution in [2.75, 3.05) is 34.4 Å². The topological polar surface area (TPSA) is 74.3 Å². The van der Waals surface area contributed by atoms with Crippen molar-refractivity contribution in [2.45, 2.75) is 32.3 Å². The number of amides is 1. The van der Waals surface area contributed by atoms with E-state index in [1.54, 1.807) is 33.5 Å². The second-order valence-electron chi connectivity index (χ2n) is 7.39. The number of hydrogen-bond acceptors (Lipinski definition) is 6. The molecular weight excluding hydrogens is 398 g/mol. The molecule has 2 aromatic carbocycles. The van der Waals surface area contributed by atoms with Crippen LogP contribution in [0.4, 0.5) is 0 Å². The van der Waals surface area contributed by atoms with Gasteiger partial charge in [0.05, 0.1) is 21.3 Å². The molecular formula is C24H29NO6. The fourth-order valence-electron chi connectivity index (χ4n) is 3.61. The lowest BCUT2D eigenvalue weighted by Gasteiger charge is -2.15. The van der Waals surface area contributed by atoms with Crippen LogP contribution in [0.3, 0.4) is 0 Å². The molecule has 7 nitrogen and oxygen atoms in total. The van der Waals surface area contributed by atoms with E-state index in [1.807, 2.05) is 29.2 Å². The van der Waals surface area contributed by atoms with Crippen LogP contribution in [0.25, 0.3) is 0 Å². The Morgan fingerprint density at radius 3 is 2.03 bits per heavy atom. The Balaban J connectivity index is 1.51. The van der Waals surface area contributed by atoms with Gasteiger partial charge < -0.3 is 23.8 Å². The smallest absolute Gasteiger partial charge is 0.306 e. The number of carbonyl (C=O) groups excluding carboxylic acids is 2. The molecule has 0 radical (unpaired) electrons. The van der Waals surface area contributed by atoms with Crippen LogP contribution in [-0.2, 0) is 22.6 Å². The Morgan fingerprint density at radius 2 is 1.48 bits per heavy atom. The van der Waals surface area contributed by atoms with Gasteiger partial charge in [0.25, 0.3) is 5.91 Å². The summed E-state index contributed by atoms with van der Waals surface area (Å²) in [6.07, 6.45) is 2.84. The number of methoxy groups -OCH3 is 3. The number of benzene rings is 2. The first kappa shape index (κ1) is 22.5. The quantitative estimate of drug-likeness (QED) is 0.569. The third-order valence-corrected chi connectivity index (χ3v) is 5.34. The van der Waals surface area contributed by atoms with E-state index >= 15 is 0 Å². The van der Waals surface area contributed by atoms with Crippen molar-refractivity contribution in [2.24, 2.45) is 0 Å². The number of aryl methyl sites for hydroxylation is 1. The molecule has 1 amide bonds. The van der Waals surface area contributed by atoms with Gasteiger partial charge in [-0.2, -0.15) is 0 Å². The second kappa shape index (κ2) is 10.7. The van der Waals surface area contributed by atoms with E-state index in [-0.39, 0.29) is 24.9 Å². The molecule has 0 spiro atoms. The Bertz CT molecular complexity index is 878. The van der Waals surface area contributed by atoms with Gasteiger partial charge in [0.15, 0.2) is 11.5 Å². The monoisotopic (exact) mass is 427 g/mol. The summed E-state index contributed by atoms with van der Waals surface area (Å²) in [4.78, 5) is 26.5. The third kappa shape index (κ3) is 5.69. The van der Waals surface area contributed by atoms with Crippen LogP contribution in [0, 0.1) is 0 Å². The van der Waals surface area contributed by atoms with Crippen molar-refractivity contribution in [1.29, 1.82) is 0 Å². The summed E-state index contributed by atoms with van der Waals surface area (Å²) in [5.41, 5.74) is 2.40. The minimum Gasteiger partial charge on any atom is -0.493 e. The number of carbonyl (C=O) groups is 2. The number of likely N-dealkylation sites (tertiary alicyclic amines) is 1. The lowest BCUT2D eigenvalue weighted by atomic mass is 10.1. The van der Waals surface area contributed by atoms with Crippen molar-refractivity contribution in [3.8, 4) is 17.2 Å². The minimum absolute atomic E-state index is 0.0615. The molecule has 0 saturated carbocycles.